The Bertz CT molecular complexity index is 1180. The number of halogens is 1. The molecule has 2 N–H and O–H groups in total. The van der Waals surface area contributed by atoms with Crippen molar-refractivity contribution in [3.8, 4) is 0 Å². The molecule has 3 aromatic rings. The quantitative estimate of drug-likeness (QED) is 0.628. The molecule has 4 rings (SSSR count). The Morgan fingerprint density at radius 1 is 1.03 bits per heavy atom. The summed E-state index contributed by atoms with van der Waals surface area (Å²) in [7, 11) is 0. The average molecular weight is 434 g/mol. The van der Waals surface area contributed by atoms with Gasteiger partial charge in [0.2, 0.25) is 11.8 Å². The first kappa shape index (κ1) is 20.6. The number of rotatable bonds is 4. The Balaban J connectivity index is 1.67. The van der Waals surface area contributed by atoms with Crippen LogP contribution >= 0.6 is 11.6 Å². The number of para-hydroxylation sites is 2. The maximum Gasteiger partial charge on any atom is 0.259 e. The molecule has 7 heteroatoms. The van der Waals surface area contributed by atoms with Crippen molar-refractivity contribution in [3.05, 3.63) is 88.9 Å². The van der Waals surface area contributed by atoms with Gasteiger partial charge < -0.3 is 10.6 Å². The van der Waals surface area contributed by atoms with Crippen molar-refractivity contribution in [2.24, 2.45) is 0 Å². The van der Waals surface area contributed by atoms with E-state index >= 15 is 0 Å². The number of nitrogens with one attached hydrogen (secondary N) is 2. The van der Waals surface area contributed by atoms with Crippen LogP contribution in [0.4, 0.5) is 17.1 Å². The van der Waals surface area contributed by atoms with Crippen molar-refractivity contribution in [3.63, 3.8) is 0 Å². The lowest BCUT2D eigenvalue weighted by molar-refractivity contribution is -0.122. The van der Waals surface area contributed by atoms with Gasteiger partial charge in [0, 0.05) is 16.3 Å². The summed E-state index contributed by atoms with van der Waals surface area (Å²) in [6, 6.07) is 20.0. The van der Waals surface area contributed by atoms with E-state index in [4.69, 9.17) is 11.6 Å². The molecular formula is C24H20ClN3O3. The van der Waals surface area contributed by atoms with Crippen LogP contribution in [0, 0.1) is 6.92 Å². The van der Waals surface area contributed by atoms with Crippen molar-refractivity contribution >= 4 is 46.4 Å². The van der Waals surface area contributed by atoms with Gasteiger partial charge >= 0.3 is 0 Å². The van der Waals surface area contributed by atoms with Gasteiger partial charge in [-0.05, 0) is 48.9 Å². The molecule has 3 amide bonds. The number of amides is 3. The number of anilines is 3. The third-order valence-corrected chi connectivity index (χ3v) is 5.35. The number of nitrogens with zero attached hydrogens (tertiary/aromatic N) is 1. The van der Waals surface area contributed by atoms with Gasteiger partial charge in [0.25, 0.3) is 5.91 Å². The molecule has 0 spiro atoms. The van der Waals surface area contributed by atoms with Gasteiger partial charge in [-0.2, -0.15) is 0 Å². The largest absolute Gasteiger partial charge is 0.326 e. The Kier molecular flexibility index (Phi) is 5.73. The zero-order valence-corrected chi connectivity index (χ0v) is 17.5. The number of aryl methyl sites for hydroxylation is 1. The van der Waals surface area contributed by atoms with E-state index < -0.39 is 17.9 Å². The van der Waals surface area contributed by atoms with Gasteiger partial charge in [0.15, 0.2) is 0 Å². The lowest BCUT2D eigenvalue weighted by Crippen LogP contribution is -2.52. The fraction of sp³-hybridized carbons (Fsp3) is 0.125. The summed E-state index contributed by atoms with van der Waals surface area (Å²) < 4.78 is 0. The van der Waals surface area contributed by atoms with Crippen LogP contribution in [0.25, 0.3) is 0 Å². The molecule has 31 heavy (non-hydrogen) atoms. The Labute approximate surface area is 184 Å². The van der Waals surface area contributed by atoms with E-state index in [1.165, 1.54) is 4.90 Å². The highest BCUT2D eigenvalue weighted by atomic mass is 35.5. The predicted molar refractivity (Wildman–Crippen MR) is 122 cm³/mol. The van der Waals surface area contributed by atoms with Crippen molar-refractivity contribution in [1.82, 2.24) is 0 Å². The molecule has 0 saturated heterocycles. The van der Waals surface area contributed by atoms with Crippen LogP contribution in [0.2, 0.25) is 5.02 Å². The Morgan fingerprint density at radius 3 is 2.55 bits per heavy atom. The molecular weight excluding hydrogens is 414 g/mol. The molecule has 0 bridgehead atoms. The van der Waals surface area contributed by atoms with Gasteiger partial charge in [-0.3, -0.25) is 19.3 Å². The van der Waals surface area contributed by atoms with Crippen molar-refractivity contribution in [2.75, 3.05) is 15.5 Å². The molecule has 1 aliphatic heterocycles. The predicted octanol–water partition coefficient (Wildman–Crippen LogP) is 4.64. The second-order valence-electron chi connectivity index (χ2n) is 7.27. The lowest BCUT2D eigenvalue weighted by atomic mass is 10.0. The number of fused-ring (bicyclic) bond motifs is 1. The fourth-order valence-corrected chi connectivity index (χ4v) is 3.81. The molecule has 156 valence electrons. The summed E-state index contributed by atoms with van der Waals surface area (Å²) in [5.41, 5.74) is 2.87. The number of hydrogen-bond acceptors (Lipinski definition) is 3. The van der Waals surface area contributed by atoms with E-state index in [0.29, 0.717) is 27.6 Å². The highest BCUT2D eigenvalue weighted by molar-refractivity contribution is 6.31. The topological polar surface area (TPSA) is 78.5 Å². The zero-order chi connectivity index (χ0) is 22.0. The summed E-state index contributed by atoms with van der Waals surface area (Å²) in [6.07, 6.45) is -0.204. The third-order valence-electron chi connectivity index (χ3n) is 5.12. The van der Waals surface area contributed by atoms with Crippen molar-refractivity contribution < 1.29 is 14.4 Å². The van der Waals surface area contributed by atoms with E-state index in [1.54, 1.807) is 60.7 Å². The first-order chi connectivity index (χ1) is 14.9. The molecule has 6 nitrogen and oxygen atoms in total. The molecule has 1 heterocycles. The number of carbonyl (C=O) groups excluding carboxylic acids is 3. The minimum atomic E-state index is -0.999. The summed E-state index contributed by atoms with van der Waals surface area (Å²) in [6.45, 7) is 1.84. The summed E-state index contributed by atoms with van der Waals surface area (Å²) in [5.74, 6) is -1.15. The van der Waals surface area contributed by atoms with Gasteiger partial charge in [-0.15, -0.1) is 0 Å². The average Bonchev–Trinajstić information content (AvgIpc) is 2.74. The SMILES string of the molecule is Cc1ccccc1C(=O)N1c2ccccc2NC(=O)[C@H]1CC(=O)Nc1cccc(Cl)c1. The van der Waals surface area contributed by atoms with E-state index in [-0.39, 0.29) is 12.3 Å². The first-order valence-corrected chi connectivity index (χ1v) is 10.2. The Hall–Kier alpha value is -3.64. The van der Waals surface area contributed by atoms with Crippen LogP contribution in [0.5, 0.6) is 0 Å². The minimum Gasteiger partial charge on any atom is -0.326 e. The third kappa shape index (κ3) is 4.29. The van der Waals surface area contributed by atoms with Crippen molar-refractivity contribution in [2.45, 2.75) is 19.4 Å². The van der Waals surface area contributed by atoms with Gasteiger partial charge in [0.05, 0.1) is 17.8 Å². The standard InChI is InChI=1S/C24H20ClN3O3/c1-15-7-2-3-10-18(15)24(31)28-20-12-5-4-11-19(20)27-23(30)21(28)14-22(29)26-17-9-6-8-16(25)13-17/h2-13,21H,14H2,1H3,(H,26,29)(H,27,30)/t21-/m1/s1. The monoisotopic (exact) mass is 433 g/mol. The molecule has 0 aromatic heterocycles. The van der Waals surface area contributed by atoms with E-state index in [2.05, 4.69) is 10.6 Å². The number of hydrogen-bond donors (Lipinski definition) is 2. The molecule has 3 aromatic carbocycles. The lowest BCUT2D eigenvalue weighted by Gasteiger charge is -2.36. The molecule has 0 radical (unpaired) electrons. The Morgan fingerprint density at radius 2 is 1.77 bits per heavy atom. The molecule has 0 fully saturated rings. The van der Waals surface area contributed by atoms with Crippen LogP contribution in [-0.4, -0.2) is 23.8 Å². The highest BCUT2D eigenvalue weighted by Crippen LogP contribution is 2.34. The fourth-order valence-electron chi connectivity index (χ4n) is 3.62. The smallest absolute Gasteiger partial charge is 0.259 e. The van der Waals surface area contributed by atoms with Crippen LogP contribution in [0.1, 0.15) is 22.3 Å². The number of carbonyl (C=O) groups is 3. The summed E-state index contributed by atoms with van der Waals surface area (Å²) >= 11 is 5.98. The van der Waals surface area contributed by atoms with Crippen molar-refractivity contribution in [1.29, 1.82) is 0 Å². The maximum absolute atomic E-state index is 13.5. The summed E-state index contributed by atoms with van der Waals surface area (Å²) in [5, 5.41) is 6.03. The van der Waals surface area contributed by atoms with Crippen LogP contribution in [0.15, 0.2) is 72.8 Å². The maximum atomic E-state index is 13.5. The van der Waals surface area contributed by atoms with Gasteiger partial charge in [-0.25, -0.2) is 0 Å². The summed E-state index contributed by atoms with van der Waals surface area (Å²) in [4.78, 5) is 40.6. The highest BCUT2D eigenvalue weighted by Gasteiger charge is 2.38. The van der Waals surface area contributed by atoms with Crippen LogP contribution in [-0.2, 0) is 9.59 Å². The van der Waals surface area contributed by atoms with E-state index in [9.17, 15) is 14.4 Å². The van der Waals surface area contributed by atoms with Crippen LogP contribution in [0.3, 0.4) is 0 Å². The molecule has 1 aliphatic rings. The number of benzene rings is 3. The molecule has 0 saturated carbocycles. The van der Waals surface area contributed by atoms with E-state index in [1.807, 2.05) is 19.1 Å². The molecule has 1 atom stereocenters. The van der Waals surface area contributed by atoms with E-state index in [0.717, 1.165) is 5.56 Å². The zero-order valence-electron chi connectivity index (χ0n) is 16.8. The molecule has 0 aliphatic carbocycles. The minimum absolute atomic E-state index is 0.204. The normalized spacial score (nSPS) is 15.1. The molecule has 0 unspecified atom stereocenters. The second kappa shape index (κ2) is 8.62. The van der Waals surface area contributed by atoms with Gasteiger partial charge in [0.1, 0.15) is 6.04 Å². The van der Waals surface area contributed by atoms with Crippen LogP contribution < -0.4 is 15.5 Å². The van der Waals surface area contributed by atoms with Gasteiger partial charge in [-0.1, -0.05) is 48.0 Å². The second-order valence-corrected chi connectivity index (χ2v) is 7.71. The first-order valence-electron chi connectivity index (χ1n) is 9.78.